The fraction of sp³-hybridized carbons (Fsp3) is 0.0870. The second-order valence-electron chi connectivity index (χ2n) is 6.62. The normalized spacial score (nSPS) is 10.6. The van der Waals surface area contributed by atoms with Crippen molar-refractivity contribution in [2.24, 2.45) is 0 Å². The van der Waals surface area contributed by atoms with Crippen LogP contribution in [-0.4, -0.2) is 16.1 Å². The molecule has 0 bridgehead atoms. The number of nitrogens with zero attached hydrogens (tertiary/aromatic N) is 2. The van der Waals surface area contributed by atoms with E-state index >= 15 is 0 Å². The van der Waals surface area contributed by atoms with Crippen LogP contribution in [0.4, 0.5) is 5.69 Å². The first-order chi connectivity index (χ1) is 13.6. The van der Waals surface area contributed by atoms with E-state index in [1.54, 1.807) is 0 Å². The Bertz CT molecular complexity index is 1110. The highest BCUT2D eigenvalue weighted by Gasteiger charge is 2.12. The van der Waals surface area contributed by atoms with Crippen LogP contribution in [0.25, 0.3) is 22.9 Å². The van der Waals surface area contributed by atoms with Crippen molar-refractivity contribution in [3.8, 4) is 22.9 Å². The molecule has 0 aliphatic rings. The maximum absolute atomic E-state index is 12.4. The van der Waals surface area contributed by atoms with E-state index < -0.39 is 0 Å². The highest BCUT2D eigenvalue weighted by Crippen LogP contribution is 2.25. The number of amides is 1. The van der Waals surface area contributed by atoms with Crippen LogP contribution in [0, 0.1) is 13.8 Å². The lowest BCUT2D eigenvalue weighted by atomic mass is 10.1. The van der Waals surface area contributed by atoms with E-state index in [0.29, 0.717) is 23.0 Å². The van der Waals surface area contributed by atoms with Gasteiger partial charge in [-0.25, -0.2) is 0 Å². The largest absolute Gasteiger partial charge is 0.416 e. The molecule has 0 atom stereocenters. The molecule has 0 aliphatic heterocycles. The molecule has 0 fully saturated rings. The predicted molar refractivity (Wildman–Crippen MR) is 109 cm³/mol. The topological polar surface area (TPSA) is 68.0 Å². The first kappa shape index (κ1) is 17.7. The zero-order valence-electron chi connectivity index (χ0n) is 15.6. The number of aromatic nitrogens is 2. The summed E-state index contributed by atoms with van der Waals surface area (Å²) >= 11 is 0. The maximum Gasteiger partial charge on any atom is 0.255 e. The summed E-state index contributed by atoms with van der Waals surface area (Å²) < 4.78 is 5.79. The number of carbonyl (C=O) groups excluding carboxylic acids is 1. The van der Waals surface area contributed by atoms with Gasteiger partial charge >= 0.3 is 0 Å². The van der Waals surface area contributed by atoms with Crippen LogP contribution < -0.4 is 5.32 Å². The molecule has 0 aliphatic carbocycles. The standard InChI is InChI=1S/C23H19N3O2/c1-15-7-9-17(10-8-15)22-25-26-23(28-22)18-11-13-19(14-12-18)24-21(27)20-6-4-3-5-16(20)2/h3-14H,1-2H3,(H,24,27). The molecule has 4 rings (SSSR count). The molecular formula is C23H19N3O2. The molecule has 1 aromatic heterocycles. The van der Waals surface area contributed by atoms with Gasteiger partial charge in [-0.15, -0.1) is 10.2 Å². The summed E-state index contributed by atoms with van der Waals surface area (Å²) in [5.74, 6) is 0.782. The average molecular weight is 369 g/mol. The Morgan fingerprint density at radius 2 is 1.36 bits per heavy atom. The zero-order valence-corrected chi connectivity index (χ0v) is 15.6. The monoisotopic (exact) mass is 369 g/mol. The van der Waals surface area contributed by atoms with Crippen molar-refractivity contribution in [2.75, 3.05) is 5.32 Å². The summed E-state index contributed by atoms with van der Waals surface area (Å²) in [5.41, 5.74) is 5.14. The number of carbonyl (C=O) groups is 1. The molecular weight excluding hydrogens is 350 g/mol. The van der Waals surface area contributed by atoms with Crippen molar-refractivity contribution in [3.63, 3.8) is 0 Å². The van der Waals surface area contributed by atoms with Crippen LogP contribution in [0.3, 0.4) is 0 Å². The molecule has 0 spiro atoms. The minimum Gasteiger partial charge on any atom is -0.416 e. The molecule has 5 nitrogen and oxygen atoms in total. The molecule has 0 unspecified atom stereocenters. The van der Waals surface area contributed by atoms with Crippen LogP contribution in [0.15, 0.2) is 77.2 Å². The lowest BCUT2D eigenvalue weighted by molar-refractivity contribution is 0.102. The Morgan fingerprint density at radius 3 is 1.96 bits per heavy atom. The van der Waals surface area contributed by atoms with Crippen LogP contribution in [0.5, 0.6) is 0 Å². The maximum atomic E-state index is 12.4. The van der Waals surface area contributed by atoms with E-state index in [-0.39, 0.29) is 5.91 Å². The lowest BCUT2D eigenvalue weighted by Gasteiger charge is -2.07. The van der Waals surface area contributed by atoms with Gasteiger partial charge in [0, 0.05) is 22.4 Å². The highest BCUT2D eigenvalue weighted by molar-refractivity contribution is 6.05. The van der Waals surface area contributed by atoms with Crippen LogP contribution >= 0.6 is 0 Å². The number of aryl methyl sites for hydroxylation is 2. The fourth-order valence-corrected chi connectivity index (χ4v) is 2.87. The third-order valence-corrected chi connectivity index (χ3v) is 4.50. The zero-order chi connectivity index (χ0) is 19.5. The smallest absolute Gasteiger partial charge is 0.255 e. The Balaban J connectivity index is 1.50. The molecule has 1 heterocycles. The lowest BCUT2D eigenvalue weighted by Crippen LogP contribution is -2.13. The van der Waals surface area contributed by atoms with Crippen molar-refractivity contribution in [2.45, 2.75) is 13.8 Å². The van der Waals surface area contributed by atoms with Crippen molar-refractivity contribution < 1.29 is 9.21 Å². The van der Waals surface area contributed by atoms with E-state index in [1.165, 1.54) is 5.56 Å². The number of hydrogen-bond acceptors (Lipinski definition) is 4. The average Bonchev–Trinajstić information content (AvgIpc) is 3.19. The second-order valence-corrected chi connectivity index (χ2v) is 6.62. The van der Waals surface area contributed by atoms with Crippen molar-refractivity contribution in [1.29, 1.82) is 0 Å². The highest BCUT2D eigenvalue weighted by atomic mass is 16.4. The van der Waals surface area contributed by atoms with Crippen LogP contribution in [0.2, 0.25) is 0 Å². The van der Waals surface area contributed by atoms with Gasteiger partial charge in [0.25, 0.3) is 5.91 Å². The van der Waals surface area contributed by atoms with Gasteiger partial charge in [0.05, 0.1) is 0 Å². The van der Waals surface area contributed by atoms with Gasteiger partial charge in [-0.1, -0.05) is 35.9 Å². The molecule has 4 aromatic rings. The Morgan fingerprint density at radius 1 is 0.786 bits per heavy atom. The molecule has 1 amide bonds. The number of anilines is 1. The van der Waals surface area contributed by atoms with Gasteiger partial charge in [0.15, 0.2) is 0 Å². The third kappa shape index (κ3) is 3.69. The van der Waals surface area contributed by atoms with E-state index in [1.807, 2.05) is 86.6 Å². The number of nitrogens with one attached hydrogen (secondary N) is 1. The molecule has 3 aromatic carbocycles. The van der Waals surface area contributed by atoms with Crippen molar-refractivity contribution in [3.05, 3.63) is 89.5 Å². The molecule has 0 saturated heterocycles. The summed E-state index contributed by atoms with van der Waals surface area (Å²) in [6.45, 7) is 3.95. The predicted octanol–water partition coefficient (Wildman–Crippen LogP) is 5.27. The third-order valence-electron chi connectivity index (χ3n) is 4.50. The quantitative estimate of drug-likeness (QED) is 0.532. The minimum absolute atomic E-state index is 0.134. The Hall–Kier alpha value is -3.73. The van der Waals surface area contributed by atoms with Gasteiger partial charge in [0.2, 0.25) is 11.8 Å². The fourth-order valence-electron chi connectivity index (χ4n) is 2.87. The SMILES string of the molecule is Cc1ccc(-c2nnc(-c3ccc(NC(=O)c4ccccc4C)cc3)o2)cc1. The van der Waals surface area contributed by atoms with Gasteiger partial charge in [-0.05, 0) is 61.9 Å². The van der Waals surface area contributed by atoms with Crippen molar-refractivity contribution in [1.82, 2.24) is 10.2 Å². The molecule has 0 radical (unpaired) electrons. The van der Waals surface area contributed by atoms with E-state index in [0.717, 1.165) is 16.7 Å². The van der Waals surface area contributed by atoms with Gasteiger partial charge in [-0.2, -0.15) is 0 Å². The number of hydrogen-bond donors (Lipinski definition) is 1. The van der Waals surface area contributed by atoms with Gasteiger partial charge in [-0.3, -0.25) is 4.79 Å². The Labute approximate surface area is 163 Å². The van der Waals surface area contributed by atoms with E-state index in [2.05, 4.69) is 15.5 Å². The van der Waals surface area contributed by atoms with Crippen molar-refractivity contribution >= 4 is 11.6 Å². The molecule has 0 saturated carbocycles. The summed E-state index contributed by atoms with van der Waals surface area (Å²) in [5, 5.41) is 11.2. The second kappa shape index (κ2) is 7.48. The molecule has 28 heavy (non-hydrogen) atoms. The van der Waals surface area contributed by atoms with E-state index in [9.17, 15) is 4.79 Å². The molecule has 5 heteroatoms. The summed E-state index contributed by atoms with van der Waals surface area (Å²) in [6, 6.07) is 22.7. The summed E-state index contributed by atoms with van der Waals surface area (Å²) in [7, 11) is 0. The summed E-state index contributed by atoms with van der Waals surface area (Å²) in [4.78, 5) is 12.4. The Kier molecular flexibility index (Phi) is 4.72. The van der Waals surface area contributed by atoms with Gasteiger partial charge in [0.1, 0.15) is 0 Å². The molecule has 1 N–H and O–H groups in total. The van der Waals surface area contributed by atoms with E-state index in [4.69, 9.17) is 4.42 Å². The number of rotatable bonds is 4. The first-order valence-electron chi connectivity index (χ1n) is 8.98. The summed E-state index contributed by atoms with van der Waals surface area (Å²) in [6.07, 6.45) is 0. The van der Waals surface area contributed by atoms with Gasteiger partial charge < -0.3 is 9.73 Å². The minimum atomic E-state index is -0.134. The van der Waals surface area contributed by atoms with Crippen LogP contribution in [-0.2, 0) is 0 Å². The van der Waals surface area contributed by atoms with Crippen LogP contribution in [0.1, 0.15) is 21.5 Å². The molecule has 138 valence electrons. The number of benzene rings is 3. The first-order valence-corrected chi connectivity index (χ1v) is 8.98.